The topological polar surface area (TPSA) is 69.6 Å². The summed E-state index contributed by atoms with van der Waals surface area (Å²) in [6.07, 6.45) is 0. The third-order valence-electron chi connectivity index (χ3n) is 2.92. The van der Waals surface area contributed by atoms with Gasteiger partial charge >= 0.3 is 5.97 Å². The number of nitrogens with zero attached hydrogens (tertiary/aromatic N) is 1. The second-order valence-corrected chi connectivity index (χ2v) is 5.34. The van der Waals surface area contributed by atoms with E-state index < -0.39 is 29.3 Å². The summed E-state index contributed by atoms with van der Waals surface area (Å²) in [6, 6.07) is 4.86. The van der Waals surface area contributed by atoms with Gasteiger partial charge in [0.2, 0.25) is 5.91 Å². The molecule has 0 aliphatic carbocycles. The van der Waals surface area contributed by atoms with E-state index in [2.05, 4.69) is 5.32 Å². The minimum Gasteiger partial charge on any atom is -0.480 e. The number of carbonyl (C=O) groups is 2. The first-order valence-electron chi connectivity index (χ1n) is 6.12. The van der Waals surface area contributed by atoms with E-state index in [1.54, 1.807) is 19.0 Å². The van der Waals surface area contributed by atoms with Gasteiger partial charge in [-0.15, -0.1) is 0 Å². The predicted octanol–water partition coefficient (Wildman–Crippen LogP) is 1.41. The normalized spacial score (nSPS) is 13.1. The number of likely N-dealkylation sites (N-methyl/N-ethyl adjacent to an activating group) is 1. The fraction of sp³-hybridized carbons (Fsp3) is 0.429. The Hall–Kier alpha value is -1.95. The van der Waals surface area contributed by atoms with Crippen LogP contribution < -0.4 is 5.32 Å². The average Bonchev–Trinajstić information content (AvgIpc) is 2.30. The van der Waals surface area contributed by atoms with Crippen molar-refractivity contribution in [1.29, 1.82) is 0 Å². The van der Waals surface area contributed by atoms with Crippen molar-refractivity contribution in [2.45, 2.75) is 25.4 Å². The summed E-state index contributed by atoms with van der Waals surface area (Å²) in [6.45, 7) is 2.81. The van der Waals surface area contributed by atoms with Crippen molar-refractivity contribution in [1.82, 2.24) is 10.2 Å². The third-order valence-corrected chi connectivity index (χ3v) is 2.92. The van der Waals surface area contributed by atoms with Crippen LogP contribution in [0, 0.1) is 5.82 Å². The number of halogens is 1. The standard InChI is InChI=1S/C14H19FN2O3/c1-14(2,13(19)20)16-12(18)11(17(3)4)9-5-7-10(15)8-6-9/h5-8,11H,1-4H3,(H,16,18)(H,19,20)/t11-/m1/s1. The van der Waals surface area contributed by atoms with Crippen LogP contribution in [0.2, 0.25) is 0 Å². The van der Waals surface area contributed by atoms with Crippen LogP contribution in [0.4, 0.5) is 4.39 Å². The molecule has 0 bridgehead atoms. The zero-order valence-electron chi connectivity index (χ0n) is 12.0. The summed E-state index contributed by atoms with van der Waals surface area (Å²) in [4.78, 5) is 25.0. The van der Waals surface area contributed by atoms with E-state index in [4.69, 9.17) is 5.11 Å². The van der Waals surface area contributed by atoms with Crippen LogP contribution in [-0.4, -0.2) is 41.5 Å². The van der Waals surface area contributed by atoms with Crippen molar-refractivity contribution in [3.8, 4) is 0 Å². The minimum atomic E-state index is -1.37. The summed E-state index contributed by atoms with van der Waals surface area (Å²) >= 11 is 0. The van der Waals surface area contributed by atoms with E-state index in [1.807, 2.05) is 0 Å². The molecule has 0 spiro atoms. The molecule has 0 aliphatic rings. The molecule has 1 aromatic rings. The largest absolute Gasteiger partial charge is 0.480 e. The van der Waals surface area contributed by atoms with E-state index in [0.717, 1.165) is 0 Å². The Morgan fingerprint density at radius 3 is 2.15 bits per heavy atom. The predicted molar refractivity (Wildman–Crippen MR) is 72.7 cm³/mol. The lowest BCUT2D eigenvalue weighted by Crippen LogP contribution is -2.52. The zero-order valence-corrected chi connectivity index (χ0v) is 12.0. The molecule has 1 amide bonds. The highest BCUT2D eigenvalue weighted by atomic mass is 19.1. The van der Waals surface area contributed by atoms with Crippen LogP contribution in [0.1, 0.15) is 25.5 Å². The van der Waals surface area contributed by atoms with Crippen molar-refractivity contribution in [3.05, 3.63) is 35.6 Å². The third kappa shape index (κ3) is 3.77. The Labute approximate surface area is 117 Å². The van der Waals surface area contributed by atoms with Crippen molar-refractivity contribution in [2.24, 2.45) is 0 Å². The molecule has 1 aromatic carbocycles. The van der Waals surface area contributed by atoms with E-state index in [-0.39, 0.29) is 0 Å². The van der Waals surface area contributed by atoms with Gasteiger partial charge in [0.1, 0.15) is 17.4 Å². The summed E-state index contributed by atoms with van der Waals surface area (Å²) in [5, 5.41) is 11.5. The molecule has 0 saturated heterocycles. The van der Waals surface area contributed by atoms with Gasteiger partial charge in [0.15, 0.2) is 0 Å². The number of benzene rings is 1. The van der Waals surface area contributed by atoms with Crippen LogP contribution in [0.15, 0.2) is 24.3 Å². The van der Waals surface area contributed by atoms with Gasteiger partial charge in [0.05, 0.1) is 0 Å². The number of amides is 1. The zero-order chi connectivity index (χ0) is 15.5. The maximum absolute atomic E-state index is 12.9. The fourth-order valence-electron chi connectivity index (χ4n) is 1.76. The highest BCUT2D eigenvalue weighted by Gasteiger charge is 2.33. The van der Waals surface area contributed by atoms with Crippen molar-refractivity contribution < 1.29 is 19.1 Å². The summed E-state index contributed by atoms with van der Waals surface area (Å²) in [5.41, 5.74) is -0.777. The minimum absolute atomic E-state index is 0.391. The lowest BCUT2D eigenvalue weighted by atomic mass is 10.0. The molecule has 0 aromatic heterocycles. The van der Waals surface area contributed by atoms with Gasteiger partial charge in [-0.3, -0.25) is 9.69 Å². The molecule has 0 aliphatic heterocycles. The monoisotopic (exact) mass is 282 g/mol. The molecule has 0 unspecified atom stereocenters. The van der Waals surface area contributed by atoms with E-state index >= 15 is 0 Å². The summed E-state index contributed by atoms with van der Waals surface area (Å²) < 4.78 is 12.9. The van der Waals surface area contributed by atoms with E-state index in [1.165, 1.54) is 38.1 Å². The summed E-state index contributed by atoms with van der Waals surface area (Å²) in [5.74, 6) is -1.96. The highest BCUT2D eigenvalue weighted by molar-refractivity contribution is 5.89. The smallest absolute Gasteiger partial charge is 0.328 e. The highest BCUT2D eigenvalue weighted by Crippen LogP contribution is 2.20. The number of rotatable bonds is 5. The lowest BCUT2D eigenvalue weighted by Gasteiger charge is -2.28. The van der Waals surface area contributed by atoms with Gasteiger partial charge in [0, 0.05) is 0 Å². The number of hydrogen-bond donors (Lipinski definition) is 2. The van der Waals surface area contributed by atoms with Crippen LogP contribution >= 0.6 is 0 Å². The number of nitrogens with one attached hydrogen (secondary N) is 1. The Bertz CT molecular complexity index is 498. The van der Waals surface area contributed by atoms with E-state index in [9.17, 15) is 14.0 Å². The molecular weight excluding hydrogens is 263 g/mol. The van der Waals surface area contributed by atoms with Crippen LogP contribution in [0.3, 0.4) is 0 Å². The van der Waals surface area contributed by atoms with Gasteiger partial charge < -0.3 is 10.4 Å². The summed E-state index contributed by atoms with van der Waals surface area (Å²) in [7, 11) is 3.39. The molecule has 6 heteroatoms. The Morgan fingerprint density at radius 1 is 1.25 bits per heavy atom. The molecule has 5 nitrogen and oxygen atoms in total. The van der Waals surface area contributed by atoms with Crippen molar-refractivity contribution >= 4 is 11.9 Å². The maximum atomic E-state index is 12.9. The first kappa shape index (κ1) is 16.1. The number of carboxylic acids is 1. The first-order chi connectivity index (χ1) is 9.15. The molecule has 2 N–H and O–H groups in total. The quantitative estimate of drug-likeness (QED) is 0.856. The molecule has 0 radical (unpaired) electrons. The lowest BCUT2D eigenvalue weighted by molar-refractivity contribution is -0.146. The number of carbonyl (C=O) groups excluding carboxylic acids is 1. The van der Waals surface area contributed by atoms with E-state index in [0.29, 0.717) is 5.56 Å². The Morgan fingerprint density at radius 2 is 1.75 bits per heavy atom. The second kappa shape index (κ2) is 6.00. The van der Waals surface area contributed by atoms with Crippen LogP contribution in [0.5, 0.6) is 0 Å². The SMILES string of the molecule is CN(C)[C@@H](C(=O)NC(C)(C)C(=O)O)c1ccc(F)cc1. The molecule has 0 fully saturated rings. The fourth-order valence-corrected chi connectivity index (χ4v) is 1.76. The molecule has 1 atom stereocenters. The molecule has 1 rings (SSSR count). The molecule has 110 valence electrons. The average molecular weight is 282 g/mol. The molecule has 20 heavy (non-hydrogen) atoms. The van der Waals surface area contributed by atoms with Crippen molar-refractivity contribution in [2.75, 3.05) is 14.1 Å². The number of carboxylic acid groups (broad SMARTS) is 1. The molecule has 0 heterocycles. The maximum Gasteiger partial charge on any atom is 0.328 e. The van der Waals surface area contributed by atoms with Crippen molar-refractivity contribution in [3.63, 3.8) is 0 Å². The Kier molecular flexibility index (Phi) is 4.83. The first-order valence-corrected chi connectivity index (χ1v) is 6.12. The van der Waals surface area contributed by atoms with Gasteiger partial charge in [0.25, 0.3) is 0 Å². The number of hydrogen-bond acceptors (Lipinski definition) is 3. The Balaban J connectivity index is 3.00. The van der Waals surface area contributed by atoms with Gasteiger partial charge in [-0.1, -0.05) is 12.1 Å². The second-order valence-electron chi connectivity index (χ2n) is 5.34. The van der Waals surface area contributed by atoms with Gasteiger partial charge in [-0.2, -0.15) is 0 Å². The van der Waals surface area contributed by atoms with Gasteiger partial charge in [-0.25, -0.2) is 9.18 Å². The van der Waals surface area contributed by atoms with Crippen LogP contribution in [0.25, 0.3) is 0 Å². The molecule has 0 saturated carbocycles. The number of aliphatic carboxylic acids is 1. The van der Waals surface area contributed by atoms with Gasteiger partial charge in [-0.05, 0) is 45.6 Å². The molecular formula is C14H19FN2O3. The van der Waals surface area contributed by atoms with Crippen LogP contribution in [-0.2, 0) is 9.59 Å².